The fourth-order valence-electron chi connectivity index (χ4n) is 2.01. The van der Waals surface area contributed by atoms with Gasteiger partial charge < -0.3 is 10.2 Å². The van der Waals surface area contributed by atoms with E-state index in [-0.39, 0.29) is 24.7 Å². The van der Waals surface area contributed by atoms with Crippen LogP contribution in [0, 0.1) is 12.8 Å². The summed E-state index contributed by atoms with van der Waals surface area (Å²) in [5.74, 6) is -1.05. The van der Waals surface area contributed by atoms with Crippen molar-refractivity contribution in [1.29, 1.82) is 0 Å². The largest absolute Gasteiger partial charge is 0.433 e. The van der Waals surface area contributed by atoms with Gasteiger partial charge in [-0.15, -0.1) is 0 Å². The SMILES string of the molecule is Cc1nc(N2CC(C(=O)NCC(F)F)C2)cc(C(F)(F)F)n1. The van der Waals surface area contributed by atoms with E-state index < -0.39 is 36.7 Å². The molecule has 1 aromatic heterocycles. The lowest BCUT2D eigenvalue weighted by atomic mass is 9.99. The van der Waals surface area contributed by atoms with Crippen molar-refractivity contribution >= 4 is 11.7 Å². The summed E-state index contributed by atoms with van der Waals surface area (Å²) in [6.45, 7) is 0.858. The second-order valence-electron chi connectivity index (χ2n) is 4.89. The molecule has 0 atom stereocenters. The Morgan fingerprint density at radius 1 is 1.41 bits per heavy atom. The molecule has 0 spiro atoms. The predicted molar refractivity (Wildman–Crippen MR) is 66.5 cm³/mol. The van der Waals surface area contributed by atoms with E-state index >= 15 is 0 Å². The molecule has 0 radical (unpaired) electrons. The Kier molecular flexibility index (Phi) is 4.47. The highest BCUT2D eigenvalue weighted by molar-refractivity contribution is 5.81. The fraction of sp³-hybridized carbons (Fsp3) is 0.583. The summed E-state index contributed by atoms with van der Waals surface area (Å²) in [7, 11) is 0. The van der Waals surface area contributed by atoms with Crippen LogP contribution in [-0.4, -0.2) is 41.9 Å². The number of carbonyl (C=O) groups excluding carboxylic acids is 1. The molecular formula is C12H13F5N4O. The molecule has 2 heterocycles. The van der Waals surface area contributed by atoms with E-state index in [1.807, 2.05) is 0 Å². The summed E-state index contributed by atoms with van der Waals surface area (Å²) < 4.78 is 62.0. The number of carbonyl (C=O) groups is 1. The van der Waals surface area contributed by atoms with Gasteiger partial charge in [0, 0.05) is 19.2 Å². The van der Waals surface area contributed by atoms with Crippen LogP contribution in [0.4, 0.5) is 27.8 Å². The zero-order valence-corrected chi connectivity index (χ0v) is 11.5. The monoisotopic (exact) mass is 324 g/mol. The summed E-state index contributed by atoms with van der Waals surface area (Å²) in [4.78, 5) is 20.2. The van der Waals surface area contributed by atoms with Crippen molar-refractivity contribution in [1.82, 2.24) is 15.3 Å². The summed E-state index contributed by atoms with van der Waals surface area (Å²) >= 11 is 0. The number of nitrogens with zero attached hydrogens (tertiary/aromatic N) is 3. The molecule has 0 saturated carbocycles. The maximum Gasteiger partial charge on any atom is 0.433 e. The van der Waals surface area contributed by atoms with Gasteiger partial charge in [0.05, 0.1) is 12.5 Å². The third-order valence-corrected chi connectivity index (χ3v) is 3.12. The van der Waals surface area contributed by atoms with Crippen molar-refractivity contribution in [2.75, 3.05) is 24.5 Å². The van der Waals surface area contributed by atoms with Crippen molar-refractivity contribution in [2.45, 2.75) is 19.5 Å². The van der Waals surface area contributed by atoms with Crippen LogP contribution < -0.4 is 10.2 Å². The number of hydrogen-bond donors (Lipinski definition) is 1. The van der Waals surface area contributed by atoms with Gasteiger partial charge in [-0.3, -0.25) is 4.79 Å². The lowest BCUT2D eigenvalue weighted by Crippen LogP contribution is -2.54. The summed E-state index contributed by atoms with van der Waals surface area (Å²) in [6, 6.07) is 0.806. The first-order valence-corrected chi connectivity index (χ1v) is 6.40. The highest BCUT2D eigenvalue weighted by Gasteiger charge is 2.37. The molecule has 1 aliphatic rings. The van der Waals surface area contributed by atoms with E-state index in [1.165, 1.54) is 11.8 Å². The lowest BCUT2D eigenvalue weighted by Gasteiger charge is -2.39. The summed E-state index contributed by atoms with van der Waals surface area (Å²) in [6.07, 6.45) is -7.22. The van der Waals surface area contributed by atoms with Crippen molar-refractivity contribution in [3.63, 3.8) is 0 Å². The lowest BCUT2D eigenvalue weighted by molar-refractivity contribution is -0.141. The Morgan fingerprint density at radius 2 is 2.05 bits per heavy atom. The Bertz CT molecular complexity index is 557. The van der Waals surface area contributed by atoms with Crippen LogP contribution in [0.5, 0.6) is 0 Å². The van der Waals surface area contributed by atoms with Crippen LogP contribution in [-0.2, 0) is 11.0 Å². The van der Waals surface area contributed by atoms with Gasteiger partial charge in [-0.05, 0) is 6.92 Å². The average Bonchev–Trinajstić information content (AvgIpc) is 2.32. The van der Waals surface area contributed by atoms with Crippen LogP contribution in [0.15, 0.2) is 6.07 Å². The van der Waals surface area contributed by atoms with Crippen molar-refractivity contribution < 1.29 is 26.7 Å². The molecule has 1 aromatic rings. The smallest absolute Gasteiger partial charge is 0.355 e. The molecule has 10 heteroatoms. The van der Waals surface area contributed by atoms with Gasteiger partial charge in [-0.1, -0.05) is 0 Å². The van der Waals surface area contributed by atoms with Gasteiger partial charge in [0.25, 0.3) is 6.43 Å². The van der Waals surface area contributed by atoms with Crippen molar-refractivity contribution in [2.24, 2.45) is 5.92 Å². The molecule has 1 aliphatic heterocycles. The van der Waals surface area contributed by atoms with E-state index in [4.69, 9.17) is 0 Å². The highest BCUT2D eigenvalue weighted by Crippen LogP contribution is 2.31. The zero-order valence-electron chi connectivity index (χ0n) is 11.5. The molecule has 5 nitrogen and oxygen atoms in total. The molecular weight excluding hydrogens is 311 g/mol. The second-order valence-corrected chi connectivity index (χ2v) is 4.89. The van der Waals surface area contributed by atoms with E-state index in [0.29, 0.717) is 0 Å². The average molecular weight is 324 g/mol. The normalized spacial score (nSPS) is 15.9. The zero-order chi connectivity index (χ0) is 16.5. The van der Waals surface area contributed by atoms with Gasteiger partial charge in [0.15, 0.2) is 0 Å². The van der Waals surface area contributed by atoms with Crippen LogP contribution >= 0.6 is 0 Å². The Balaban J connectivity index is 1.99. The highest BCUT2D eigenvalue weighted by atomic mass is 19.4. The van der Waals surface area contributed by atoms with Gasteiger partial charge in [0.1, 0.15) is 17.3 Å². The molecule has 2 rings (SSSR count). The van der Waals surface area contributed by atoms with E-state index in [1.54, 1.807) is 0 Å². The number of alkyl halides is 5. The Hall–Kier alpha value is -2.00. The Morgan fingerprint density at radius 3 is 2.59 bits per heavy atom. The molecule has 0 bridgehead atoms. The molecule has 1 N–H and O–H groups in total. The van der Waals surface area contributed by atoms with Crippen LogP contribution in [0.25, 0.3) is 0 Å². The third kappa shape index (κ3) is 3.80. The Labute approximate surface area is 122 Å². The predicted octanol–water partition coefficient (Wildman–Crippen LogP) is 1.62. The van der Waals surface area contributed by atoms with Gasteiger partial charge in [0.2, 0.25) is 5.91 Å². The third-order valence-electron chi connectivity index (χ3n) is 3.12. The number of amides is 1. The first-order chi connectivity index (χ1) is 10.2. The first kappa shape index (κ1) is 16.4. The number of anilines is 1. The molecule has 0 unspecified atom stereocenters. The molecule has 122 valence electrons. The maximum atomic E-state index is 12.7. The van der Waals surface area contributed by atoms with Crippen LogP contribution in [0.2, 0.25) is 0 Å². The van der Waals surface area contributed by atoms with Gasteiger partial charge >= 0.3 is 6.18 Å². The van der Waals surface area contributed by atoms with Crippen molar-refractivity contribution in [3.8, 4) is 0 Å². The maximum absolute atomic E-state index is 12.7. The quantitative estimate of drug-likeness (QED) is 0.855. The fourth-order valence-corrected chi connectivity index (χ4v) is 2.01. The summed E-state index contributed by atoms with van der Waals surface area (Å²) in [5.41, 5.74) is -1.05. The van der Waals surface area contributed by atoms with Crippen LogP contribution in [0.1, 0.15) is 11.5 Å². The number of aromatic nitrogens is 2. The number of hydrogen-bond acceptors (Lipinski definition) is 4. The topological polar surface area (TPSA) is 58.1 Å². The van der Waals surface area contributed by atoms with E-state index in [2.05, 4.69) is 15.3 Å². The van der Waals surface area contributed by atoms with Gasteiger partial charge in [-0.2, -0.15) is 13.2 Å². The minimum Gasteiger partial charge on any atom is -0.355 e. The van der Waals surface area contributed by atoms with Gasteiger partial charge in [-0.25, -0.2) is 18.7 Å². The molecule has 1 fully saturated rings. The molecule has 1 amide bonds. The molecule has 22 heavy (non-hydrogen) atoms. The number of nitrogens with one attached hydrogen (secondary N) is 1. The minimum absolute atomic E-state index is 0.0320. The van der Waals surface area contributed by atoms with E-state index in [9.17, 15) is 26.7 Å². The molecule has 0 aliphatic carbocycles. The number of aryl methyl sites for hydroxylation is 1. The first-order valence-electron chi connectivity index (χ1n) is 6.40. The number of rotatable bonds is 4. The minimum atomic E-state index is -4.58. The van der Waals surface area contributed by atoms with Crippen LogP contribution in [0.3, 0.4) is 0 Å². The number of halogens is 5. The molecule has 0 aromatic carbocycles. The van der Waals surface area contributed by atoms with Crippen molar-refractivity contribution in [3.05, 3.63) is 17.6 Å². The van der Waals surface area contributed by atoms with E-state index in [0.717, 1.165) is 6.07 Å². The standard InChI is InChI=1S/C12H13F5N4O/c1-6-19-8(12(15,16)17)2-10(20-6)21-4-7(5-21)11(22)18-3-9(13)14/h2,7,9H,3-5H2,1H3,(H,18,22). The molecule has 1 saturated heterocycles. The summed E-state index contributed by atoms with van der Waals surface area (Å²) in [5, 5.41) is 2.07. The second kappa shape index (κ2) is 6.01.